The first-order chi connectivity index (χ1) is 5.09. The van der Waals surface area contributed by atoms with Crippen molar-refractivity contribution < 1.29 is 14.4 Å². The van der Waals surface area contributed by atoms with Crippen LogP contribution in [-0.4, -0.2) is 17.6 Å². The molecule has 0 saturated carbocycles. The van der Waals surface area contributed by atoms with Gasteiger partial charge in [-0.25, -0.2) is 0 Å². The van der Waals surface area contributed by atoms with Crippen molar-refractivity contribution in [3.63, 3.8) is 0 Å². The van der Waals surface area contributed by atoms with E-state index in [0.717, 1.165) is 0 Å². The lowest BCUT2D eigenvalue weighted by Crippen LogP contribution is -2.40. The topological polar surface area (TPSA) is 63.2 Å². The van der Waals surface area contributed by atoms with Gasteiger partial charge in [-0.05, 0) is 6.92 Å². The Kier molecular flexibility index (Phi) is 2.03. The monoisotopic (exact) mass is 155 g/mol. The number of amides is 2. The van der Waals surface area contributed by atoms with Crippen LogP contribution in [0.3, 0.4) is 0 Å². The molecule has 1 N–H and O–H groups in total. The molecule has 0 aromatic carbocycles. The Bertz CT molecular complexity index is 206. The minimum atomic E-state index is -0.392. The fraction of sp³-hybridized carbons (Fsp3) is 0.571. The number of carbonyl (C=O) groups is 3. The molecule has 60 valence electrons. The Morgan fingerprint density at radius 3 is 2.18 bits per heavy atom. The summed E-state index contributed by atoms with van der Waals surface area (Å²) in [5, 5.41) is 2.13. The molecule has 2 amide bonds. The lowest BCUT2D eigenvalue weighted by atomic mass is 9.94. The van der Waals surface area contributed by atoms with Crippen molar-refractivity contribution in [2.45, 2.75) is 19.8 Å². The number of nitrogens with one attached hydrogen (secondary N) is 1. The van der Waals surface area contributed by atoms with Crippen LogP contribution in [0.15, 0.2) is 0 Å². The number of rotatable bonds is 1. The van der Waals surface area contributed by atoms with Crippen LogP contribution in [0, 0.1) is 5.92 Å². The van der Waals surface area contributed by atoms with Gasteiger partial charge in [0.15, 0.2) is 0 Å². The van der Waals surface area contributed by atoms with E-state index in [9.17, 15) is 14.4 Å². The summed E-state index contributed by atoms with van der Waals surface area (Å²) in [5.41, 5.74) is 0. The third-order valence-corrected chi connectivity index (χ3v) is 1.72. The summed E-state index contributed by atoms with van der Waals surface area (Å²) in [5.74, 6) is -1.17. The molecule has 1 heterocycles. The average Bonchev–Trinajstić information content (AvgIpc) is 1.85. The highest BCUT2D eigenvalue weighted by Gasteiger charge is 2.27. The van der Waals surface area contributed by atoms with Gasteiger partial charge in [-0.3, -0.25) is 19.7 Å². The average molecular weight is 155 g/mol. The minimum absolute atomic E-state index is 0.0896. The van der Waals surface area contributed by atoms with Crippen molar-refractivity contribution in [1.29, 1.82) is 0 Å². The van der Waals surface area contributed by atoms with Crippen molar-refractivity contribution in [3.05, 3.63) is 0 Å². The van der Waals surface area contributed by atoms with Crippen LogP contribution in [0.1, 0.15) is 19.8 Å². The molecule has 1 fully saturated rings. The maximum absolute atomic E-state index is 10.8. The van der Waals surface area contributed by atoms with Gasteiger partial charge in [0.2, 0.25) is 11.8 Å². The third kappa shape index (κ3) is 1.86. The Balaban J connectivity index is 2.63. The molecule has 4 nitrogen and oxygen atoms in total. The number of ketones is 1. The highest BCUT2D eigenvalue weighted by atomic mass is 16.2. The highest BCUT2D eigenvalue weighted by molar-refractivity contribution is 6.01. The Morgan fingerprint density at radius 2 is 1.82 bits per heavy atom. The van der Waals surface area contributed by atoms with Crippen molar-refractivity contribution in [1.82, 2.24) is 5.32 Å². The molecule has 0 unspecified atom stereocenters. The van der Waals surface area contributed by atoms with E-state index in [2.05, 4.69) is 5.32 Å². The lowest BCUT2D eigenvalue weighted by molar-refractivity contribution is -0.139. The second kappa shape index (κ2) is 2.82. The standard InChI is InChI=1S/C7H9NO3/c1-4(9)5-2-6(10)8-7(11)3-5/h5H,2-3H2,1H3,(H,8,10,11). The maximum Gasteiger partial charge on any atom is 0.227 e. The fourth-order valence-electron chi connectivity index (χ4n) is 1.06. The van der Waals surface area contributed by atoms with E-state index in [1.807, 2.05) is 0 Å². The molecular weight excluding hydrogens is 146 g/mol. The minimum Gasteiger partial charge on any atom is -0.300 e. The Labute approximate surface area is 64.0 Å². The normalized spacial score (nSPS) is 19.7. The number of piperidine rings is 1. The molecule has 1 aliphatic heterocycles. The number of Topliss-reactive ketones (excluding diaryl/α,β-unsaturated/α-hetero) is 1. The van der Waals surface area contributed by atoms with Gasteiger partial charge in [-0.15, -0.1) is 0 Å². The Morgan fingerprint density at radius 1 is 1.36 bits per heavy atom. The van der Waals surface area contributed by atoms with Crippen LogP contribution in [0.25, 0.3) is 0 Å². The number of imide groups is 1. The smallest absolute Gasteiger partial charge is 0.227 e. The van der Waals surface area contributed by atoms with Gasteiger partial charge in [0.25, 0.3) is 0 Å². The summed E-state index contributed by atoms with van der Waals surface area (Å²) in [7, 11) is 0. The van der Waals surface area contributed by atoms with Gasteiger partial charge in [0.05, 0.1) is 0 Å². The molecular formula is C7H9NO3. The van der Waals surface area contributed by atoms with Crippen LogP contribution in [0.2, 0.25) is 0 Å². The number of carbonyl (C=O) groups excluding carboxylic acids is 3. The van der Waals surface area contributed by atoms with E-state index in [4.69, 9.17) is 0 Å². The predicted octanol–water partition coefficient (Wildman–Crippen LogP) is -0.372. The highest BCUT2D eigenvalue weighted by Crippen LogP contribution is 2.13. The van der Waals surface area contributed by atoms with Crippen molar-refractivity contribution in [2.24, 2.45) is 5.92 Å². The van der Waals surface area contributed by atoms with E-state index in [1.54, 1.807) is 0 Å². The Hall–Kier alpha value is -1.19. The zero-order valence-electron chi connectivity index (χ0n) is 6.22. The number of hydrogen-bond donors (Lipinski definition) is 1. The molecule has 1 rings (SSSR count). The first kappa shape index (κ1) is 7.91. The lowest BCUT2D eigenvalue weighted by Gasteiger charge is -2.17. The first-order valence-corrected chi connectivity index (χ1v) is 3.42. The van der Waals surface area contributed by atoms with Gasteiger partial charge in [0, 0.05) is 18.8 Å². The van der Waals surface area contributed by atoms with Crippen molar-refractivity contribution >= 4 is 17.6 Å². The molecule has 0 bridgehead atoms. The summed E-state index contributed by atoms with van der Waals surface area (Å²) in [4.78, 5) is 32.2. The molecule has 11 heavy (non-hydrogen) atoms. The number of hydrogen-bond acceptors (Lipinski definition) is 3. The van der Waals surface area contributed by atoms with E-state index in [1.165, 1.54) is 6.92 Å². The zero-order valence-corrected chi connectivity index (χ0v) is 6.22. The summed E-state index contributed by atoms with van der Waals surface area (Å²) in [6.45, 7) is 1.40. The van der Waals surface area contributed by atoms with Crippen LogP contribution in [0.5, 0.6) is 0 Å². The van der Waals surface area contributed by atoms with Crippen molar-refractivity contribution in [2.75, 3.05) is 0 Å². The van der Waals surface area contributed by atoms with Crippen LogP contribution in [-0.2, 0) is 14.4 Å². The molecule has 4 heteroatoms. The quantitative estimate of drug-likeness (QED) is 0.525. The fourth-order valence-corrected chi connectivity index (χ4v) is 1.06. The molecule has 0 aromatic heterocycles. The van der Waals surface area contributed by atoms with Crippen LogP contribution >= 0.6 is 0 Å². The summed E-state index contributed by atoms with van der Waals surface area (Å²) in [6, 6.07) is 0. The van der Waals surface area contributed by atoms with Gasteiger partial charge in [-0.1, -0.05) is 0 Å². The second-order valence-corrected chi connectivity index (χ2v) is 2.69. The van der Waals surface area contributed by atoms with Gasteiger partial charge in [0.1, 0.15) is 5.78 Å². The first-order valence-electron chi connectivity index (χ1n) is 3.42. The summed E-state index contributed by atoms with van der Waals surface area (Å²) in [6.07, 6.45) is 0.308. The molecule has 0 spiro atoms. The van der Waals surface area contributed by atoms with Gasteiger partial charge >= 0.3 is 0 Å². The van der Waals surface area contributed by atoms with E-state index in [0.29, 0.717) is 0 Å². The molecule has 1 aliphatic rings. The van der Waals surface area contributed by atoms with Gasteiger partial charge in [-0.2, -0.15) is 0 Å². The molecule has 1 saturated heterocycles. The second-order valence-electron chi connectivity index (χ2n) is 2.69. The molecule has 0 aliphatic carbocycles. The van der Waals surface area contributed by atoms with Crippen molar-refractivity contribution in [3.8, 4) is 0 Å². The molecule has 0 atom stereocenters. The van der Waals surface area contributed by atoms with Gasteiger partial charge < -0.3 is 0 Å². The molecule has 0 aromatic rings. The predicted molar refractivity (Wildman–Crippen MR) is 36.6 cm³/mol. The van der Waals surface area contributed by atoms with Crippen LogP contribution in [0.4, 0.5) is 0 Å². The van der Waals surface area contributed by atoms with Crippen LogP contribution < -0.4 is 5.32 Å². The maximum atomic E-state index is 10.8. The van der Waals surface area contributed by atoms with E-state index >= 15 is 0 Å². The summed E-state index contributed by atoms with van der Waals surface area (Å²) >= 11 is 0. The third-order valence-electron chi connectivity index (χ3n) is 1.72. The largest absolute Gasteiger partial charge is 0.300 e. The SMILES string of the molecule is CC(=O)C1CC(=O)NC(=O)C1. The zero-order chi connectivity index (χ0) is 8.43. The van der Waals surface area contributed by atoms with E-state index in [-0.39, 0.29) is 30.4 Å². The summed E-state index contributed by atoms with van der Waals surface area (Å²) < 4.78 is 0. The van der Waals surface area contributed by atoms with E-state index < -0.39 is 5.92 Å². The molecule has 0 radical (unpaired) electrons.